The number of hydrogen-bond acceptors (Lipinski definition) is 5. The van der Waals surface area contributed by atoms with E-state index < -0.39 is 0 Å². The van der Waals surface area contributed by atoms with Gasteiger partial charge in [0, 0.05) is 13.1 Å². The fourth-order valence-corrected chi connectivity index (χ4v) is 1.33. The minimum Gasteiger partial charge on any atom is -0.396 e. The van der Waals surface area contributed by atoms with Gasteiger partial charge in [0.25, 0.3) is 5.91 Å². The molecule has 0 saturated heterocycles. The zero-order chi connectivity index (χ0) is 11.7. The Morgan fingerprint density at radius 2 is 2.38 bits per heavy atom. The van der Waals surface area contributed by atoms with Crippen LogP contribution in [0.15, 0.2) is 16.8 Å². The molecule has 0 saturated carbocycles. The molecule has 0 aromatic carbocycles. The van der Waals surface area contributed by atoms with E-state index in [0.717, 1.165) is 0 Å². The monoisotopic (exact) mass is 221 g/mol. The lowest BCUT2D eigenvalue weighted by molar-refractivity contribution is 0.101. The number of aryl methyl sites for hydroxylation is 2. The summed E-state index contributed by atoms with van der Waals surface area (Å²) in [5.41, 5.74) is 6.23. The number of anilines is 2. The molecule has 2 rings (SSSR count). The summed E-state index contributed by atoms with van der Waals surface area (Å²) in [7, 11) is 1.64. The molecule has 2 aromatic rings. The molecule has 2 heterocycles. The summed E-state index contributed by atoms with van der Waals surface area (Å²) in [6.45, 7) is 1.74. The largest absolute Gasteiger partial charge is 0.396 e. The molecular weight excluding hydrogens is 210 g/mol. The van der Waals surface area contributed by atoms with Gasteiger partial charge in [-0.3, -0.25) is 9.48 Å². The van der Waals surface area contributed by atoms with E-state index in [4.69, 9.17) is 10.3 Å². The summed E-state index contributed by atoms with van der Waals surface area (Å²) in [6, 6.07) is 1.62. The van der Waals surface area contributed by atoms with Crippen molar-refractivity contribution in [1.29, 1.82) is 0 Å². The molecular formula is C9H11N5O2. The van der Waals surface area contributed by atoms with E-state index in [0.29, 0.717) is 23.0 Å². The average molecular weight is 221 g/mol. The number of aromatic nitrogens is 3. The minimum absolute atomic E-state index is 0.292. The number of nitrogens with one attached hydrogen (secondary N) is 1. The molecule has 16 heavy (non-hydrogen) atoms. The van der Waals surface area contributed by atoms with Crippen LogP contribution in [0.3, 0.4) is 0 Å². The molecule has 0 aliphatic heterocycles. The number of nitrogen functional groups attached to an aromatic ring is 1. The summed E-state index contributed by atoms with van der Waals surface area (Å²) >= 11 is 0. The van der Waals surface area contributed by atoms with Crippen LogP contribution in [0.5, 0.6) is 0 Å². The highest BCUT2D eigenvalue weighted by Gasteiger charge is 2.16. The maximum atomic E-state index is 11.8. The van der Waals surface area contributed by atoms with Crippen LogP contribution in [0.1, 0.15) is 16.2 Å². The number of hydrogen-bond donors (Lipinski definition) is 2. The van der Waals surface area contributed by atoms with Gasteiger partial charge in [-0.15, -0.1) is 0 Å². The van der Waals surface area contributed by atoms with Crippen LogP contribution in [-0.4, -0.2) is 20.8 Å². The number of nitrogens with two attached hydrogens (primary N) is 1. The second kappa shape index (κ2) is 3.69. The average Bonchev–Trinajstić information content (AvgIpc) is 2.74. The second-order valence-electron chi connectivity index (χ2n) is 3.35. The van der Waals surface area contributed by atoms with Crippen molar-refractivity contribution >= 4 is 17.4 Å². The van der Waals surface area contributed by atoms with Crippen LogP contribution in [0, 0.1) is 6.92 Å². The molecule has 0 aliphatic rings. The molecule has 7 nitrogen and oxygen atoms in total. The topological polar surface area (TPSA) is 99.0 Å². The predicted octanol–water partition coefficient (Wildman–Crippen LogP) is 0.551. The van der Waals surface area contributed by atoms with Crippen molar-refractivity contribution in [2.45, 2.75) is 6.92 Å². The smallest absolute Gasteiger partial charge is 0.277 e. The lowest BCUT2D eigenvalue weighted by Crippen LogP contribution is -2.17. The van der Waals surface area contributed by atoms with E-state index >= 15 is 0 Å². The van der Waals surface area contributed by atoms with Gasteiger partial charge >= 0.3 is 0 Å². The van der Waals surface area contributed by atoms with Gasteiger partial charge in [0.2, 0.25) is 0 Å². The standard InChI is InChI=1S/C9H11N5O2/c1-5-3-7(13-16-5)12-9(15)8-6(10)4-11-14(8)2/h3-4H,10H2,1-2H3,(H,12,13,15). The lowest BCUT2D eigenvalue weighted by Gasteiger charge is -2.02. The SMILES string of the molecule is Cc1cc(NC(=O)c2c(N)cnn2C)no1. The first-order valence-electron chi connectivity index (χ1n) is 4.60. The zero-order valence-electron chi connectivity index (χ0n) is 8.89. The molecule has 7 heteroatoms. The van der Waals surface area contributed by atoms with Gasteiger partial charge in [-0.05, 0) is 6.92 Å². The van der Waals surface area contributed by atoms with Crippen molar-refractivity contribution in [2.24, 2.45) is 7.05 Å². The fourth-order valence-electron chi connectivity index (χ4n) is 1.33. The third-order valence-electron chi connectivity index (χ3n) is 2.05. The highest BCUT2D eigenvalue weighted by Crippen LogP contribution is 2.13. The molecule has 0 fully saturated rings. The maximum absolute atomic E-state index is 11.8. The number of amides is 1. The summed E-state index contributed by atoms with van der Waals surface area (Å²) < 4.78 is 6.23. The van der Waals surface area contributed by atoms with E-state index in [1.165, 1.54) is 10.9 Å². The van der Waals surface area contributed by atoms with E-state index in [9.17, 15) is 4.79 Å². The molecule has 0 radical (unpaired) electrons. The molecule has 0 unspecified atom stereocenters. The Labute approximate surface area is 91.2 Å². The van der Waals surface area contributed by atoms with Gasteiger partial charge in [-0.2, -0.15) is 5.10 Å². The summed E-state index contributed by atoms with van der Waals surface area (Å²) in [5.74, 6) is 0.599. The fraction of sp³-hybridized carbons (Fsp3) is 0.222. The third-order valence-corrected chi connectivity index (χ3v) is 2.05. The highest BCUT2D eigenvalue weighted by molar-refractivity contribution is 6.05. The van der Waals surface area contributed by atoms with Gasteiger partial charge in [0.15, 0.2) is 5.82 Å². The van der Waals surface area contributed by atoms with Crippen LogP contribution in [0.2, 0.25) is 0 Å². The van der Waals surface area contributed by atoms with Gasteiger partial charge in [0.05, 0.1) is 11.9 Å². The Balaban J connectivity index is 2.21. The second-order valence-corrected chi connectivity index (χ2v) is 3.35. The first kappa shape index (κ1) is 10.2. The molecule has 3 N–H and O–H groups in total. The van der Waals surface area contributed by atoms with Crippen molar-refractivity contribution in [3.8, 4) is 0 Å². The maximum Gasteiger partial charge on any atom is 0.277 e. The molecule has 1 amide bonds. The lowest BCUT2D eigenvalue weighted by atomic mass is 10.3. The quantitative estimate of drug-likeness (QED) is 0.771. The van der Waals surface area contributed by atoms with Gasteiger partial charge in [-0.25, -0.2) is 0 Å². The zero-order valence-corrected chi connectivity index (χ0v) is 8.89. The first-order valence-corrected chi connectivity index (χ1v) is 4.60. The Bertz CT molecular complexity index is 508. The van der Waals surface area contributed by atoms with Crippen molar-refractivity contribution < 1.29 is 9.32 Å². The third kappa shape index (κ3) is 1.74. The summed E-state index contributed by atoms with van der Waals surface area (Å²) in [5, 5.41) is 10.1. The van der Waals surface area contributed by atoms with Crippen LogP contribution < -0.4 is 11.1 Å². The summed E-state index contributed by atoms with van der Waals surface area (Å²) in [4.78, 5) is 11.8. The Morgan fingerprint density at radius 1 is 1.62 bits per heavy atom. The highest BCUT2D eigenvalue weighted by atomic mass is 16.5. The van der Waals surface area contributed by atoms with Gasteiger partial charge in [0.1, 0.15) is 11.5 Å². The molecule has 0 bridgehead atoms. The van der Waals surface area contributed by atoms with Crippen LogP contribution >= 0.6 is 0 Å². The Kier molecular flexibility index (Phi) is 2.35. The predicted molar refractivity (Wildman–Crippen MR) is 56.8 cm³/mol. The van der Waals surface area contributed by atoms with Crippen molar-refractivity contribution in [3.63, 3.8) is 0 Å². The number of carbonyl (C=O) groups is 1. The van der Waals surface area contributed by atoms with Gasteiger partial charge < -0.3 is 15.6 Å². The van der Waals surface area contributed by atoms with E-state index in [2.05, 4.69) is 15.6 Å². The number of carbonyl (C=O) groups excluding carboxylic acids is 1. The first-order chi connectivity index (χ1) is 7.58. The summed E-state index contributed by atoms with van der Waals surface area (Å²) in [6.07, 6.45) is 1.42. The molecule has 0 atom stereocenters. The minimum atomic E-state index is -0.370. The van der Waals surface area contributed by atoms with E-state index in [1.807, 2.05) is 0 Å². The van der Waals surface area contributed by atoms with E-state index in [-0.39, 0.29) is 5.91 Å². The van der Waals surface area contributed by atoms with Crippen molar-refractivity contribution in [2.75, 3.05) is 11.1 Å². The molecule has 0 spiro atoms. The molecule has 84 valence electrons. The Morgan fingerprint density at radius 3 is 2.88 bits per heavy atom. The number of nitrogens with zero attached hydrogens (tertiary/aromatic N) is 3. The Hall–Kier alpha value is -2.31. The number of rotatable bonds is 2. The van der Waals surface area contributed by atoms with Crippen LogP contribution in [0.25, 0.3) is 0 Å². The van der Waals surface area contributed by atoms with Crippen molar-refractivity contribution in [1.82, 2.24) is 14.9 Å². The van der Waals surface area contributed by atoms with E-state index in [1.54, 1.807) is 20.0 Å². The normalized spacial score (nSPS) is 10.4. The molecule has 2 aromatic heterocycles. The van der Waals surface area contributed by atoms with Gasteiger partial charge in [-0.1, -0.05) is 5.16 Å². The van der Waals surface area contributed by atoms with Crippen LogP contribution in [0.4, 0.5) is 11.5 Å². The molecule has 0 aliphatic carbocycles. The van der Waals surface area contributed by atoms with Crippen molar-refractivity contribution in [3.05, 3.63) is 23.7 Å². The van der Waals surface area contributed by atoms with Crippen LogP contribution in [-0.2, 0) is 7.05 Å².